The van der Waals surface area contributed by atoms with Gasteiger partial charge < -0.3 is 14.2 Å². The summed E-state index contributed by atoms with van der Waals surface area (Å²) in [6.45, 7) is 7.41. The van der Waals surface area contributed by atoms with E-state index >= 15 is 0 Å². The first-order valence-corrected chi connectivity index (χ1v) is 7.33. The molecular formula is C14H20N6O2. The van der Waals surface area contributed by atoms with Crippen molar-refractivity contribution in [2.24, 2.45) is 0 Å². The number of anilines is 1. The first-order valence-electron chi connectivity index (χ1n) is 7.33. The van der Waals surface area contributed by atoms with Crippen LogP contribution >= 0.6 is 0 Å². The summed E-state index contributed by atoms with van der Waals surface area (Å²) in [5.41, 5.74) is 0. The van der Waals surface area contributed by atoms with Gasteiger partial charge in [-0.15, -0.1) is 0 Å². The van der Waals surface area contributed by atoms with Crippen LogP contribution in [0.3, 0.4) is 0 Å². The highest BCUT2D eigenvalue weighted by Gasteiger charge is 2.26. The molecule has 1 aliphatic rings. The van der Waals surface area contributed by atoms with Crippen molar-refractivity contribution in [2.75, 3.05) is 38.2 Å². The molecule has 0 N–H and O–H groups in total. The summed E-state index contributed by atoms with van der Waals surface area (Å²) >= 11 is 0. The number of rotatable bonds is 4. The molecule has 1 atom stereocenters. The van der Waals surface area contributed by atoms with Crippen LogP contribution in [0.15, 0.2) is 16.8 Å². The van der Waals surface area contributed by atoms with Crippen LogP contribution in [0.1, 0.15) is 24.7 Å². The van der Waals surface area contributed by atoms with E-state index in [9.17, 15) is 0 Å². The van der Waals surface area contributed by atoms with Crippen molar-refractivity contribution in [3.63, 3.8) is 0 Å². The second-order valence-corrected chi connectivity index (χ2v) is 5.28. The molecule has 0 spiro atoms. The molecule has 0 radical (unpaired) electrons. The van der Waals surface area contributed by atoms with Crippen LogP contribution in [0.4, 0.5) is 5.95 Å². The maximum atomic E-state index is 5.26. The molecule has 2 aromatic rings. The third-order valence-corrected chi connectivity index (χ3v) is 3.87. The molecule has 0 saturated carbocycles. The topological polar surface area (TPSA) is 80.4 Å². The maximum Gasteiger partial charge on any atom is 0.243 e. The minimum atomic E-state index is 0.120. The van der Waals surface area contributed by atoms with Gasteiger partial charge in [0.1, 0.15) is 0 Å². The monoisotopic (exact) mass is 304 g/mol. The average Bonchev–Trinajstić information content (AvgIpc) is 3.01. The molecule has 1 saturated heterocycles. The second kappa shape index (κ2) is 6.27. The first-order chi connectivity index (χ1) is 10.7. The molecule has 22 heavy (non-hydrogen) atoms. The zero-order valence-corrected chi connectivity index (χ0v) is 13.1. The minimum Gasteiger partial charge on any atom is -0.481 e. The Balaban J connectivity index is 1.62. The third kappa shape index (κ3) is 3.01. The molecule has 0 amide bonds. The predicted octanol–water partition coefficient (Wildman–Crippen LogP) is 1.06. The summed E-state index contributed by atoms with van der Waals surface area (Å²) in [7, 11) is 1.61. The lowest BCUT2D eigenvalue weighted by Gasteiger charge is -2.36. The van der Waals surface area contributed by atoms with E-state index in [1.807, 2.05) is 6.92 Å². The van der Waals surface area contributed by atoms with Crippen molar-refractivity contribution in [2.45, 2.75) is 19.9 Å². The summed E-state index contributed by atoms with van der Waals surface area (Å²) in [4.78, 5) is 17.5. The summed E-state index contributed by atoms with van der Waals surface area (Å²) in [6, 6.07) is 1.87. The van der Waals surface area contributed by atoms with Gasteiger partial charge >= 0.3 is 0 Å². The molecule has 1 aliphatic heterocycles. The van der Waals surface area contributed by atoms with Gasteiger partial charge in [-0.1, -0.05) is 5.16 Å². The van der Waals surface area contributed by atoms with E-state index in [2.05, 4.69) is 36.8 Å². The Hall–Kier alpha value is -2.22. The van der Waals surface area contributed by atoms with Crippen LogP contribution in [-0.2, 0) is 0 Å². The minimum absolute atomic E-state index is 0.120. The maximum absolute atomic E-state index is 5.26. The highest BCUT2D eigenvalue weighted by molar-refractivity contribution is 5.32. The molecule has 8 heteroatoms. The van der Waals surface area contributed by atoms with E-state index in [4.69, 9.17) is 9.26 Å². The quantitative estimate of drug-likeness (QED) is 0.829. The van der Waals surface area contributed by atoms with E-state index in [1.54, 1.807) is 19.4 Å². The smallest absolute Gasteiger partial charge is 0.243 e. The number of aromatic nitrogens is 4. The molecule has 0 aliphatic carbocycles. The van der Waals surface area contributed by atoms with Crippen LogP contribution in [-0.4, -0.2) is 58.3 Å². The van der Waals surface area contributed by atoms with Crippen LogP contribution in [0.5, 0.6) is 5.88 Å². The van der Waals surface area contributed by atoms with E-state index < -0.39 is 0 Å². The largest absolute Gasteiger partial charge is 0.481 e. The molecule has 3 heterocycles. The fourth-order valence-electron chi connectivity index (χ4n) is 2.55. The fourth-order valence-corrected chi connectivity index (χ4v) is 2.55. The molecule has 118 valence electrons. The van der Waals surface area contributed by atoms with Gasteiger partial charge in [0.05, 0.1) is 13.2 Å². The van der Waals surface area contributed by atoms with Gasteiger partial charge in [0.15, 0.2) is 5.82 Å². The van der Waals surface area contributed by atoms with Crippen LogP contribution in [0, 0.1) is 6.92 Å². The predicted molar refractivity (Wildman–Crippen MR) is 79.8 cm³/mol. The SMILES string of the molecule is COc1ccnc(N2CCN(C(C)c3nc(C)no3)CC2)n1. The zero-order chi connectivity index (χ0) is 15.5. The van der Waals surface area contributed by atoms with E-state index in [0.29, 0.717) is 23.5 Å². The van der Waals surface area contributed by atoms with Crippen LogP contribution in [0.25, 0.3) is 0 Å². The Bertz CT molecular complexity index is 623. The number of hydrogen-bond acceptors (Lipinski definition) is 8. The molecule has 3 rings (SSSR count). The van der Waals surface area contributed by atoms with Crippen molar-refractivity contribution in [3.8, 4) is 5.88 Å². The number of nitrogens with zero attached hydrogens (tertiary/aromatic N) is 6. The van der Waals surface area contributed by atoms with E-state index in [0.717, 1.165) is 26.2 Å². The number of aryl methyl sites for hydroxylation is 1. The molecule has 0 aromatic carbocycles. The van der Waals surface area contributed by atoms with Gasteiger partial charge in [0, 0.05) is 38.4 Å². The second-order valence-electron chi connectivity index (χ2n) is 5.28. The summed E-state index contributed by atoms with van der Waals surface area (Å²) in [5.74, 6) is 2.64. The molecule has 8 nitrogen and oxygen atoms in total. The molecular weight excluding hydrogens is 284 g/mol. The molecule has 1 fully saturated rings. The number of ether oxygens (including phenoxy) is 1. The lowest BCUT2D eigenvalue weighted by molar-refractivity contribution is 0.163. The van der Waals surface area contributed by atoms with E-state index in [-0.39, 0.29) is 6.04 Å². The van der Waals surface area contributed by atoms with E-state index in [1.165, 1.54) is 0 Å². The molecule has 1 unspecified atom stereocenters. The highest BCUT2D eigenvalue weighted by atomic mass is 16.5. The van der Waals surface area contributed by atoms with Gasteiger partial charge in [-0.3, -0.25) is 4.90 Å². The number of hydrogen-bond donors (Lipinski definition) is 0. The van der Waals surface area contributed by atoms with Crippen molar-refractivity contribution in [3.05, 3.63) is 24.0 Å². The summed E-state index contributed by atoms with van der Waals surface area (Å²) < 4.78 is 10.4. The number of methoxy groups -OCH3 is 1. The summed E-state index contributed by atoms with van der Waals surface area (Å²) in [6.07, 6.45) is 1.72. The van der Waals surface area contributed by atoms with Gasteiger partial charge in [-0.05, 0) is 13.8 Å². The molecule has 2 aromatic heterocycles. The zero-order valence-electron chi connectivity index (χ0n) is 13.1. The van der Waals surface area contributed by atoms with Crippen molar-refractivity contribution < 1.29 is 9.26 Å². The van der Waals surface area contributed by atoms with Crippen LogP contribution in [0.2, 0.25) is 0 Å². The first kappa shape index (κ1) is 14.7. The van der Waals surface area contributed by atoms with Gasteiger partial charge in [-0.25, -0.2) is 4.98 Å². The lowest BCUT2D eigenvalue weighted by atomic mass is 10.2. The van der Waals surface area contributed by atoms with Gasteiger partial charge in [-0.2, -0.15) is 9.97 Å². The Kier molecular flexibility index (Phi) is 4.19. The van der Waals surface area contributed by atoms with Crippen molar-refractivity contribution >= 4 is 5.95 Å². The van der Waals surface area contributed by atoms with Crippen LogP contribution < -0.4 is 9.64 Å². The summed E-state index contributed by atoms with van der Waals surface area (Å²) in [5, 5.41) is 3.86. The normalized spacial score (nSPS) is 17.5. The molecule has 0 bridgehead atoms. The van der Waals surface area contributed by atoms with Gasteiger partial charge in [0.25, 0.3) is 0 Å². The highest BCUT2D eigenvalue weighted by Crippen LogP contribution is 2.21. The average molecular weight is 304 g/mol. The Morgan fingerprint density at radius 2 is 2.00 bits per heavy atom. The lowest BCUT2D eigenvalue weighted by Crippen LogP contribution is -2.47. The standard InChI is InChI=1S/C14H20N6O2/c1-10(13-16-11(2)18-22-13)19-6-8-20(9-7-19)14-15-5-4-12(17-14)21-3/h4-5,10H,6-9H2,1-3H3. The third-order valence-electron chi connectivity index (χ3n) is 3.87. The van der Waals surface area contributed by atoms with Gasteiger partial charge in [0.2, 0.25) is 17.7 Å². The number of piperazine rings is 1. The van der Waals surface area contributed by atoms with Crippen molar-refractivity contribution in [1.29, 1.82) is 0 Å². The Morgan fingerprint density at radius 3 is 2.64 bits per heavy atom. The van der Waals surface area contributed by atoms with Crippen molar-refractivity contribution in [1.82, 2.24) is 25.0 Å². The Labute approximate surface area is 129 Å². The Morgan fingerprint density at radius 1 is 1.23 bits per heavy atom. The fraction of sp³-hybridized carbons (Fsp3) is 0.571.